The Labute approximate surface area is 211 Å². The zero-order valence-electron chi connectivity index (χ0n) is 18.7. The normalized spacial score (nSPS) is 23.7. The number of hydrazone groups is 1. The van der Waals surface area contributed by atoms with Crippen LogP contribution in [0.2, 0.25) is 5.02 Å². The molecule has 0 radical (unpaired) electrons. The molecule has 2 atom stereocenters. The number of halogens is 1. The van der Waals surface area contributed by atoms with E-state index >= 15 is 0 Å². The number of carbonyl (C=O) groups excluding carboxylic acids is 3. The number of hydrazine groups is 1. The number of hydrogen-bond acceptors (Lipinski definition) is 6. The van der Waals surface area contributed by atoms with E-state index in [2.05, 4.69) is 16.0 Å². The van der Waals surface area contributed by atoms with Gasteiger partial charge in [-0.05, 0) is 46.5 Å². The molecule has 8 nitrogen and oxygen atoms in total. The summed E-state index contributed by atoms with van der Waals surface area (Å²) < 4.78 is 0. The zero-order chi connectivity index (χ0) is 25.0. The highest BCUT2D eigenvalue weighted by Gasteiger charge is 2.59. The zero-order valence-corrected chi connectivity index (χ0v) is 19.4. The molecule has 4 aliphatic rings. The van der Waals surface area contributed by atoms with Crippen LogP contribution in [0.5, 0.6) is 0 Å². The van der Waals surface area contributed by atoms with Gasteiger partial charge in [0.15, 0.2) is 0 Å². The second-order valence-corrected chi connectivity index (χ2v) is 9.35. The van der Waals surface area contributed by atoms with Crippen molar-refractivity contribution < 1.29 is 14.4 Å². The Kier molecular flexibility index (Phi) is 5.09. The maximum absolute atomic E-state index is 13.8. The van der Waals surface area contributed by atoms with Gasteiger partial charge in [-0.1, -0.05) is 60.1 Å². The van der Waals surface area contributed by atoms with Crippen molar-refractivity contribution in [3.8, 4) is 6.07 Å². The number of hydrogen-bond donors (Lipinski definition) is 2. The second kappa shape index (κ2) is 8.33. The molecule has 3 aromatic rings. The van der Waals surface area contributed by atoms with E-state index in [0.29, 0.717) is 15.7 Å². The first kappa shape index (κ1) is 22.0. The molecule has 7 rings (SSSR count). The van der Waals surface area contributed by atoms with Gasteiger partial charge >= 0.3 is 5.91 Å². The lowest BCUT2D eigenvalue weighted by molar-refractivity contribution is -0.164. The highest BCUT2D eigenvalue weighted by atomic mass is 35.5. The largest absolute Gasteiger partial charge is 0.310 e. The predicted molar refractivity (Wildman–Crippen MR) is 132 cm³/mol. The van der Waals surface area contributed by atoms with E-state index in [4.69, 9.17) is 11.6 Å². The van der Waals surface area contributed by atoms with Crippen LogP contribution in [-0.4, -0.2) is 28.4 Å². The van der Waals surface area contributed by atoms with E-state index in [9.17, 15) is 19.6 Å². The summed E-state index contributed by atoms with van der Waals surface area (Å²) in [6.45, 7) is 0. The summed E-state index contributed by atoms with van der Waals surface area (Å²) in [7, 11) is 0. The third-order valence-electron chi connectivity index (χ3n) is 7.12. The first-order valence-corrected chi connectivity index (χ1v) is 11.7. The van der Waals surface area contributed by atoms with Crippen molar-refractivity contribution in [1.29, 1.82) is 5.26 Å². The Morgan fingerprint density at radius 3 is 1.94 bits per heavy atom. The fourth-order valence-corrected chi connectivity index (χ4v) is 5.83. The van der Waals surface area contributed by atoms with Gasteiger partial charge in [-0.25, -0.2) is 0 Å². The molecule has 1 heterocycles. The minimum Gasteiger partial charge on any atom is -0.277 e. The summed E-state index contributed by atoms with van der Waals surface area (Å²) in [5.41, 5.74) is 9.00. The fraction of sp³-hybridized carbons (Fsp3) is 0.148. The number of nitrogens with zero attached hydrogens (tertiary/aromatic N) is 3. The molecule has 3 aliphatic carbocycles. The van der Waals surface area contributed by atoms with E-state index < -0.39 is 35.3 Å². The van der Waals surface area contributed by atoms with E-state index in [0.717, 1.165) is 22.3 Å². The molecule has 0 aromatic heterocycles. The molecular weight excluding hydrogens is 478 g/mol. The maximum atomic E-state index is 13.8. The summed E-state index contributed by atoms with van der Waals surface area (Å²) in [6.07, 6.45) is 0. The first-order valence-electron chi connectivity index (χ1n) is 11.4. The standard InChI is InChI=1S/C27H18ClN5O3/c28-14-9-11-15(12-10-14)30-31-20(13-29)26(35)33-27(36)24-22-18-7-3-1-5-16(18)21(23(24)25(34)32-33)17-6-2-4-8-19(17)22/h1-12,21-24,30H,(H,32,34)/b31-20-. The average Bonchev–Trinajstić information content (AvgIpc) is 2.91. The summed E-state index contributed by atoms with van der Waals surface area (Å²) in [5, 5.41) is 14.6. The van der Waals surface area contributed by atoms with Crippen LogP contribution in [0, 0.1) is 23.2 Å². The Morgan fingerprint density at radius 1 is 0.889 bits per heavy atom. The first-order chi connectivity index (χ1) is 17.5. The number of carbonyl (C=O) groups is 3. The van der Waals surface area contributed by atoms with Crippen molar-refractivity contribution in [2.24, 2.45) is 16.9 Å². The average molecular weight is 496 g/mol. The molecule has 1 aliphatic heterocycles. The quantitative estimate of drug-likeness (QED) is 0.426. The van der Waals surface area contributed by atoms with Gasteiger partial charge in [-0.2, -0.15) is 15.4 Å². The summed E-state index contributed by atoms with van der Waals surface area (Å²) in [4.78, 5) is 40.4. The Hall–Kier alpha value is -4.48. The number of anilines is 1. The van der Waals surface area contributed by atoms with E-state index in [-0.39, 0.29) is 11.8 Å². The lowest BCUT2D eigenvalue weighted by Crippen LogP contribution is -2.65. The molecule has 3 aromatic carbocycles. The van der Waals surface area contributed by atoms with Crippen molar-refractivity contribution in [3.63, 3.8) is 0 Å². The third kappa shape index (κ3) is 3.21. The minimum absolute atomic E-state index is 0.302. The molecule has 36 heavy (non-hydrogen) atoms. The van der Waals surface area contributed by atoms with Gasteiger partial charge in [-0.15, -0.1) is 0 Å². The van der Waals surface area contributed by atoms with Gasteiger partial charge in [0.25, 0.3) is 5.91 Å². The Balaban J connectivity index is 1.36. The third-order valence-corrected chi connectivity index (χ3v) is 7.37. The van der Waals surface area contributed by atoms with Crippen LogP contribution in [-0.2, 0) is 14.4 Å². The highest BCUT2D eigenvalue weighted by Crippen LogP contribution is 2.59. The van der Waals surface area contributed by atoms with Crippen LogP contribution in [0.4, 0.5) is 5.69 Å². The highest BCUT2D eigenvalue weighted by molar-refractivity contribution is 6.47. The maximum Gasteiger partial charge on any atom is 0.310 e. The molecule has 0 spiro atoms. The number of imide groups is 1. The topological polar surface area (TPSA) is 115 Å². The molecule has 3 amide bonds. The van der Waals surface area contributed by atoms with Crippen LogP contribution >= 0.6 is 11.6 Å². The molecule has 176 valence electrons. The van der Waals surface area contributed by atoms with Crippen molar-refractivity contribution in [2.75, 3.05) is 5.43 Å². The van der Waals surface area contributed by atoms with Crippen LogP contribution in [0.3, 0.4) is 0 Å². The van der Waals surface area contributed by atoms with E-state index in [1.807, 2.05) is 48.5 Å². The second-order valence-electron chi connectivity index (χ2n) is 8.91. The molecular formula is C27H18ClN5O3. The predicted octanol–water partition coefficient (Wildman–Crippen LogP) is 3.55. The SMILES string of the molecule is N#C/C(=N/Nc1ccc(Cl)cc1)C(=O)N1NC(=O)C2C3c4ccccc4C(c4ccccc43)C2C1=O. The van der Waals surface area contributed by atoms with Gasteiger partial charge in [0.2, 0.25) is 11.6 Å². The molecule has 1 fully saturated rings. The van der Waals surface area contributed by atoms with Gasteiger partial charge < -0.3 is 0 Å². The summed E-state index contributed by atoms with van der Waals surface area (Å²) in [6, 6.07) is 23.8. The number of amides is 3. The number of benzene rings is 3. The number of nitriles is 1. The summed E-state index contributed by atoms with van der Waals surface area (Å²) in [5.74, 6) is -4.11. The van der Waals surface area contributed by atoms with E-state index in [1.165, 1.54) is 0 Å². The summed E-state index contributed by atoms with van der Waals surface area (Å²) >= 11 is 5.87. The van der Waals surface area contributed by atoms with Gasteiger partial charge in [-0.3, -0.25) is 25.2 Å². The smallest absolute Gasteiger partial charge is 0.277 e. The fourth-order valence-electron chi connectivity index (χ4n) is 5.70. The monoisotopic (exact) mass is 495 g/mol. The molecule has 0 saturated carbocycles. The van der Waals surface area contributed by atoms with Crippen molar-refractivity contribution in [3.05, 3.63) is 100 Å². The van der Waals surface area contributed by atoms with Crippen molar-refractivity contribution >= 4 is 40.7 Å². The molecule has 2 N–H and O–H groups in total. The van der Waals surface area contributed by atoms with Crippen molar-refractivity contribution in [1.82, 2.24) is 10.4 Å². The minimum atomic E-state index is -1.00. The Morgan fingerprint density at radius 2 is 1.42 bits per heavy atom. The van der Waals surface area contributed by atoms with E-state index in [1.54, 1.807) is 30.3 Å². The van der Waals surface area contributed by atoms with Crippen LogP contribution < -0.4 is 10.9 Å². The molecule has 2 bridgehead atoms. The molecule has 9 heteroatoms. The van der Waals surface area contributed by atoms with Crippen LogP contribution in [0.1, 0.15) is 34.1 Å². The van der Waals surface area contributed by atoms with Gasteiger partial charge in [0.05, 0.1) is 17.5 Å². The molecule has 1 saturated heterocycles. The molecule has 2 unspecified atom stereocenters. The van der Waals surface area contributed by atoms with Crippen molar-refractivity contribution in [2.45, 2.75) is 11.8 Å². The van der Waals surface area contributed by atoms with Crippen LogP contribution in [0.15, 0.2) is 77.9 Å². The lowest BCUT2D eigenvalue weighted by atomic mass is 9.53. The van der Waals surface area contributed by atoms with Crippen LogP contribution in [0.25, 0.3) is 0 Å². The Bertz CT molecular complexity index is 1460. The lowest BCUT2D eigenvalue weighted by Gasteiger charge is -2.52. The van der Waals surface area contributed by atoms with Gasteiger partial charge in [0.1, 0.15) is 6.07 Å². The van der Waals surface area contributed by atoms with Gasteiger partial charge in [0, 0.05) is 16.9 Å². The number of rotatable bonds is 3. The number of nitrogens with one attached hydrogen (secondary N) is 2.